The minimum absolute atomic E-state index is 0.206. The van der Waals surface area contributed by atoms with Crippen LogP contribution in [0.1, 0.15) is 38.1 Å². The molecule has 4 heteroatoms. The summed E-state index contributed by atoms with van der Waals surface area (Å²) in [6.45, 7) is 6.25. The molecule has 1 N–H and O–H groups in total. The van der Waals surface area contributed by atoms with E-state index in [0.29, 0.717) is 5.92 Å². The Balaban J connectivity index is 2.54. The second-order valence-electron chi connectivity index (χ2n) is 4.79. The predicted molar refractivity (Wildman–Crippen MR) is 69.4 cm³/mol. The molecule has 3 nitrogen and oxygen atoms in total. The van der Waals surface area contributed by atoms with Crippen LogP contribution in [0.25, 0.3) is 0 Å². The van der Waals surface area contributed by atoms with E-state index in [-0.39, 0.29) is 6.10 Å². The van der Waals surface area contributed by atoms with Crippen LogP contribution < -0.4 is 0 Å². The average molecular weight is 289 g/mol. The minimum Gasteiger partial charge on any atom is -0.393 e. The van der Waals surface area contributed by atoms with Crippen LogP contribution >= 0.6 is 15.9 Å². The van der Waals surface area contributed by atoms with E-state index < -0.39 is 0 Å². The summed E-state index contributed by atoms with van der Waals surface area (Å²) < 4.78 is 2.97. The molecular weight excluding hydrogens is 268 g/mol. The molecule has 1 rings (SSSR count). The number of aryl methyl sites for hydroxylation is 2. The monoisotopic (exact) mass is 288 g/mol. The van der Waals surface area contributed by atoms with Crippen molar-refractivity contribution >= 4 is 15.9 Å². The molecule has 0 aliphatic rings. The first-order valence-corrected chi connectivity index (χ1v) is 6.57. The lowest BCUT2D eigenvalue weighted by Crippen LogP contribution is -2.12. The molecule has 16 heavy (non-hydrogen) atoms. The summed E-state index contributed by atoms with van der Waals surface area (Å²) in [4.78, 5) is 0. The largest absolute Gasteiger partial charge is 0.393 e. The number of hydrogen-bond acceptors (Lipinski definition) is 2. The first kappa shape index (κ1) is 13.7. The van der Waals surface area contributed by atoms with E-state index in [9.17, 15) is 5.11 Å². The summed E-state index contributed by atoms with van der Waals surface area (Å²) in [7, 11) is 1.95. The van der Waals surface area contributed by atoms with E-state index in [4.69, 9.17) is 0 Å². The third-order valence-corrected chi connectivity index (χ3v) is 3.75. The van der Waals surface area contributed by atoms with Crippen molar-refractivity contribution in [3.63, 3.8) is 0 Å². The molecule has 0 bridgehead atoms. The van der Waals surface area contributed by atoms with Crippen molar-refractivity contribution in [1.29, 1.82) is 0 Å². The summed E-state index contributed by atoms with van der Waals surface area (Å²) in [6, 6.07) is 0. The Labute approximate surface area is 106 Å². The van der Waals surface area contributed by atoms with Gasteiger partial charge in [0.15, 0.2) is 0 Å². The summed E-state index contributed by atoms with van der Waals surface area (Å²) in [6.07, 6.45) is 2.33. The molecule has 1 aromatic heterocycles. The van der Waals surface area contributed by atoms with Crippen molar-refractivity contribution in [2.75, 3.05) is 0 Å². The van der Waals surface area contributed by atoms with Gasteiger partial charge in [-0.3, -0.25) is 4.68 Å². The number of halogens is 1. The zero-order valence-electron chi connectivity index (χ0n) is 10.5. The highest BCUT2D eigenvalue weighted by molar-refractivity contribution is 9.10. The molecule has 1 atom stereocenters. The molecule has 0 amide bonds. The van der Waals surface area contributed by atoms with Crippen molar-refractivity contribution in [2.45, 2.75) is 46.1 Å². The van der Waals surface area contributed by atoms with Gasteiger partial charge in [-0.05, 0) is 48.0 Å². The van der Waals surface area contributed by atoms with Gasteiger partial charge in [0, 0.05) is 7.05 Å². The number of hydrogen-bond donors (Lipinski definition) is 1. The fraction of sp³-hybridized carbons (Fsp3) is 0.750. The van der Waals surface area contributed by atoms with Gasteiger partial charge in [0.2, 0.25) is 0 Å². The van der Waals surface area contributed by atoms with Gasteiger partial charge in [-0.15, -0.1) is 0 Å². The quantitative estimate of drug-likeness (QED) is 0.905. The van der Waals surface area contributed by atoms with E-state index in [0.717, 1.165) is 29.4 Å². The number of aliphatic hydroxyl groups excluding tert-OH is 1. The highest BCUT2D eigenvalue weighted by Crippen LogP contribution is 2.22. The molecule has 0 saturated carbocycles. The van der Waals surface area contributed by atoms with E-state index in [1.807, 2.05) is 18.7 Å². The first-order chi connectivity index (χ1) is 7.41. The Morgan fingerprint density at radius 1 is 1.44 bits per heavy atom. The number of aliphatic hydroxyl groups is 1. The van der Waals surface area contributed by atoms with Gasteiger partial charge in [0.1, 0.15) is 0 Å². The van der Waals surface area contributed by atoms with E-state index >= 15 is 0 Å². The Hall–Kier alpha value is -0.350. The molecule has 92 valence electrons. The van der Waals surface area contributed by atoms with Crippen LogP contribution in [-0.2, 0) is 13.5 Å². The summed E-state index contributed by atoms with van der Waals surface area (Å²) in [5.41, 5.74) is 2.18. The molecule has 0 aromatic carbocycles. The molecule has 1 aromatic rings. The molecule has 1 heterocycles. The first-order valence-electron chi connectivity index (χ1n) is 5.77. The molecule has 0 radical (unpaired) electrons. The van der Waals surface area contributed by atoms with Gasteiger partial charge >= 0.3 is 0 Å². The van der Waals surface area contributed by atoms with Crippen LogP contribution in [0.3, 0.4) is 0 Å². The molecule has 0 fully saturated rings. The lowest BCUT2D eigenvalue weighted by molar-refractivity contribution is 0.139. The van der Waals surface area contributed by atoms with Crippen LogP contribution in [0.5, 0.6) is 0 Å². The second kappa shape index (κ2) is 5.82. The summed E-state index contributed by atoms with van der Waals surface area (Å²) in [5, 5.41) is 14.2. The summed E-state index contributed by atoms with van der Waals surface area (Å²) in [5.74, 6) is 0.548. The fourth-order valence-electron chi connectivity index (χ4n) is 1.92. The maximum Gasteiger partial charge on any atom is 0.0738 e. The number of nitrogens with zero attached hydrogens (tertiary/aromatic N) is 2. The standard InChI is InChI=1S/C12H21BrN2O/c1-8(2)7-10(16)5-6-11-12(13)9(3)14-15(11)4/h8,10,16H,5-7H2,1-4H3. The topological polar surface area (TPSA) is 38.0 Å². The highest BCUT2D eigenvalue weighted by Gasteiger charge is 2.13. The summed E-state index contributed by atoms with van der Waals surface area (Å²) >= 11 is 3.54. The van der Waals surface area contributed by atoms with Crippen LogP contribution in [0, 0.1) is 12.8 Å². The second-order valence-corrected chi connectivity index (χ2v) is 5.58. The van der Waals surface area contributed by atoms with Crippen molar-refractivity contribution in [2.24, 2.45) is 13.0 Å². The van der Waals surface area contributed by atoms with Gasteiger partial charge in [0.05, 0.1) is 22.0 Å². The molecule has 0 saturated heterocycles. The average Bonchev–Trinajstić information content (AvgIpc) is 2.38. The number of rotatable bonds is 5. The van der Waals surface area contributed by atoms with E-state index in [2.05, 4.69) is 34.9 Å². The SMILES string of the molecule is Cc1nn(C)c(CCC(O)CC(C)C)c1Br. The molecule has 1 unspecified atom stereocenters. The van der Waals surface area contributed by atoms with E-state index in [1.54, 1.807) is 0 Å². The molecular formula is C12H21BrN2O. The molecule has 0 spiro atoms. The van der Waals surface area contributed by atoms with Gasteiger partial charge in [0.25, 0.3) is 0 Å². The maximum absolute atomic E-state index is 9.82. The van der Waals surface area contributed by atoms with Gasteiger partial charge in [-0.1, -0.05) is 13.8 Å². The van der Waals surface area contributed by atoms with Gasteiger partial charge in [-0.2, -0.15) is 5.10 Å². The van der Waals surface area contributed by atoms with Gasteiger partial charge in [-0.25, -0.2) is 0 Å². The zero-order chi connectivity index (χ0) is 12.3. The third kappa shape index (κ3) is 3.59. The Bertz CT molecular complexity index is 347. The molecule has 0 aliphatic carbocycles. The maximum atomic E-state index is 9.82. The van der Waals surface area contributed by atoms with Crippen molar-refractivity contribution in [3.8, 4) is 0 Å². The lowest BCUT2D eigenvalue weighted by Gasteiger charge is -2.12. The Morgan fingerprint density at radius 3 is 2.50 bits per heavy atom. The Morgan fingerprint density at radius 2 is 2.06 bits per heavy atom. The third-order valence-electron chi connectivity index (χ3n) is 2.72. The van der Waals surface area contributed by atoms with Crippen LogP contribution in [0.4, 0.5) is 0 Å². The molecule has 0 aliphatic heterocycles. The van der Waals surface area contributed by atoms with Crippen LogP contribution in [-0.4, -0.2) is 21.0 Å². The zero-order valence-corrected chi connectivity index (χ0v) is 12.1. The van der Waals surface area contributed by atoms with Crippen molar-refractivity contribution in [1.82, 2.24) is 9.78 Å². The Kier molecular flexibility index (Phi) is 4.99. The number of aromatic nitrogens is 2. The van der Waals surface area contributed by atoms with E-state index in [1.165, 1.54) is 5.69 Å². The van der Waals surface area contributed by atoms with Gasteiger partial charge < -0.3 is 5.11 Å². The fourth-order valence-corrected chi connectivity index (χ4v) is 2.45. The predicted octanol–water partition coefficient (Wildman–Crippen LogP) is 2.83. The highest BCUT2D eigenvalue weighted by atomic mass is 79.9. The smallest absolute Gasteiger partial charge is 0.0738 e. The van der Waals surface area contributed by atoms with Crippen LogP contribution in [0.15, 0.2) is 4.47 Å². The van der Waals surface area contributed by atoms with Crippen LogP contribution in [0.2, 0.25) is 0 Å². The normalized spacial score (nSPS) is 13.4. The van der Waals surface area contributed by atoms with Crippen molar-refractivity contribution in [3.05, 3.63) is 15.9 Å². The minimum atomic E-state index is -0.206. The van der Waals surface area contributed by atoms with Crippen molar-refractivity contribution < 1.29 is 5.11 Å². The lowest BCUT2D eigenvalue weighted by atomic mass is 10.0.